The average Bonchev–Trinajstić information content (AvgIpc) is 1.81. The van der Waals surface area contributed by atoms with Crippen LogP contribution in [0.5, 0.6) is 0 Å². The Morgan fingerprint density at radius 3 is 1.50 bits per heavy atom. The highest BCUT2D eigenvalue weighted by Crippen LogP contribution is 2.48. The van der Waals surface area contributed by atoms with Crippen LogP contribution >= 0.6 is 15.9 Å². The molecule has 12 heavy (non-hydrogen) atoms. The van der Waals surface area contributed by atoms with Crippen molar-refractivity contribution >= 4 is 15.9 Å². The van der Waals surface area contributed by atoms with Crippen LogP contribution in [-0.2, 0) is 0 Å². The SMILES string of the molecule is CC(C)(C)C(F)(CN)C(F)(F)Br. The number of rotatable bonds is 2. The molecule has 0 amide bonds. The maximum Gasteiger partial charge on any atom is 0.336 e. The summed E-state index contributed by atoms with van der Waals surface area (Å²) in [6, 6.07) is 0. The molecule has 0 aromatic heterocycles. The molecular formula is C7H13BrF3N. The number of hydrogen-bond acceptors (Lipinski definition) is 1. The summed E-state index contributed by atoms with van der Waals surface area (Å²) in [5.74, 6) is 0. The van der Waals surface area contributed by atoms with E-state index in [2.05, 4.69) is 0 Å². The predicted octanol–water partition coefficient (Wildman–Crippen LogP) is 2.69. The minimum absolute atomic E-state index is 0.714. The Morgan fingerprint density at radius 2 is 1.50 bits per heavy atom. The Hall–Kier alpha value is 0.230. The van der Waals surface area contributed by atoms with E-state index in [0.29, 0.717) is 0 Å². The van der Waals surface area contributed by atoms with Gasteiger partial charge in [-0.05, 0) is 15.9 Å². The summed E-state index contributed by atoms with van der Waals surface area (Å²) in [5, 5.41) is 0. The van der Waals surface area contributed by atoms with Gasteiger partial charge in [-0.15, -0.1) is 0 Å². The van der Waals surface area contributed by atoms with Crippen molar-refractivity contribution in [2.45, 2.75) is 31.3 Å². The van der Waals surface area contributed by atoms with E-state index in [1.807, 2.05) is 15.9 Å². The minimum Gasteiger partial charge on any atom is -0.327 e. The van der Waals surface area contributed by atoms with Gasteiger partial charge in [0.25, 0.3) is 0 Å². The van der Waals surface area contributed by atoms with Gasteiger partial charge in [-0.1, -0.05) is 20.8 Å². The van der Waals surface area contributed by atoms with Crippen LogP contribution in [0, 0.1) is 5.41 Å². The third kappa shape index (κ3) is 1.93. The van der Waals surface area contributed by atoms with Gasteiger partial charge in [0.15, 0.2) is 0 Å². The number of hydrogen-bond donors (Lipinski definition) is 1. The molecule has 0 bridgehead atoms. The summed E-state index contributed by atoms with van der Waals surface area (Å²) in [4.78, 5) is -3.59. The predicted molar refractivity (Wildman–Crippen MR) is 46.2 cm³/mol. The molecule has 0 saturated heterocycles. The first kappa shape index (κ1) is 12.2. The van der Waals surface area contributed by atoms with Crippen LogP contribution in [0.3, 0.4) is 0 Å². The van der Waals surface area contributed by atoms with Crippen molar-refractivity contribution in [2.75, 3.05) is 6.54 Å². The van der Waals surface area contributed by atoms with Gasteiger partial charge in [-0.25, -0.2) is 4.39 Å². The molecule has 0 rings (SSSR count). The number of alkyl halides is 4. The lowest BCUT2D eigenvalue weighted by Crippen LogP contribution is -2.55. The quantitative estimate of drug-likeness (QED) is 0.747. The van der Waals surface area contributed by atoms with Crippen LogP contribution in [0.2, 0.25) is 0 Å². The van der Waals surface area contributed by atoms with Crippen molar-refractivity contribution in [1.29, 1.82) is 0 Å². The molecule has 1 unspecified atom stereocenters. The van der Waals surface area contributed by atoms with Gasteiger partial charge >= 0.3 is 4.83 Å². The van der Waals surface area contributed by atoms with Gasteiger partial charge in [0.1, 0.15) is 0 Å². The highest BCUT2D eigenvalue weighted by molar-refractivity contribution is 9.10. The van der Waals surface area contributed by atoms with Crippen LogP contribution in [0.1, 0.15) is 20.8 Å². The molecule has 0 saturated carbocycles. The molecule has 0 aromatic rings. The third-order valence-electron chi connectivity index (χ3n) is 1.92. The summed E-state index contributed by atoms with van der Waals surface area (Å²) in [6.07, 6.45) is 0. The van der Waals surface area contributed by atoms with E-state index in [4.69, 9.17) is 5.73 Å². The monoisotopic (exact) mass is 247 g/mol. The molecule has 0 spiro atoms. The van der Waals surface area contributed by atoms with E-state index < -0.39 is 22.5 Å². The van der Waals surface area contributed by atoms with Gasteiger partial charge in [0.05, 0.1) is 0 Å². The van der Waals surface area contributed by atoms with Crippen LogP contribution in [0.4, 0.5) is 13.2 Å². The topological polar surface area (TPSA) is 26.0 Å². The Kier molecular flexibility index (Phi) is 3.24. The zero-order chi connectivity index (χ0) is 10.2. The van der Waals surface area contributed by atoms with Crippen LogP contribution in [-0.4, -0.2) is 17.0 Å². The molecule has 0 aliphatic carbocycles. The molecule has 5 heteroatoms. The second-order valence-electron chi connectivity index (χ2n) is 3.75. The average molecular weight is 248 g/mol. The molecule has 74 valence electrons. The zero-order valence-corrected chi connectivity index (χ0v) is 8.88. The van der Waals surface area contributed by atoms with Crippen molar-refractivity contribution < 1.29 is 13.2 Å². The van der Waals surface area contributed by atoms with Gasteiger partial charge < -0.3 is 5.73 Å². The van der Waals surface area contributed by atoms with E-state index in [0.717, 1.165) is 0 Å². The highest BCUT2D eigenvalue weighted by Gasteiger charge is 2.59. The van der Waals surface area contributed by atoms with E-state index in [9.17, 15) is 13.2 Å². The van der Waals surface area contributed by atoms with E-state index in [1.54, 1.807) is 0 Å². The second kappa shape index (κ2) is 3.18. The van der Waals surface area contributed by atoms with E-state index in [1.165, 1.54) is 20.8 Å². The molecule has 1 atom stereocenters. The summed E-state index contributed by atoms with van der Waals surface area (Å²) in [5.41, 5.74) is 1.07. The Bertz CT molecular complexity index is 145. The lowest BCUT2D eigenvalue weighted by molar-refractivity contribution is -0.114. The molecule has 1 nitrogen and oxygen atoms in total. The fourth-order valence-corrected chi connectivity index (χ4v) is 1.60. The fourth-order valence-electron chi connectivity index (χ4n) is 0.847. The summed E-state index contributed by atoms with van der Waals surface area (Å²) >= 11 is 2.01. The van der Waals surface area contributed by atoms with Crippen molar-refractivity contribution in [3.63, 3.8) is 0 Å². The first-order valence-electron chi connectivity index (χ1n) is 3.52. The normalized spacial score (nSPS) is 19.0. The van der Waals surface area contributed by atoms with Crippen molar-refractivity contribution in [3.05, 3.63) is 0 Å². The second-order valence-corrected chi connectivity index (χ2v) is 4.75. The van der Waals surface area contributed by atoms with Gasteiger partial charge in [0, 0.05) is 12.0 Å². The van der Waals surface area contributed by atoms with Gasteiger partial charge in [0.2, 0.25) is 5.67 Å². The van der Waals surface area contributed by atoms with Crippen molar-refractivity contribution in [3.8, 4) is 0 Å². The number of nitrogens with two attached hydrogens (primary N) is 1. The standard InChI is InChI=1S/C7H13BrF3N/c1-5(2,3)6(9,4-12)7(8,10)11/h4,12H2,1-3H3. The molecule has 0 aliphatic rings. The maximum absolute atomic E-state index is 13.6. The molecule has 0 aliphatic heterocycles. The van der Waals surface area contributed by atoms with Gasteiger partial charge in [-0.2, -0.15) is 8.78 Å². The van der Waals surface area contributed by atoms with E-state index >= 15 is 0 Å². The zero-order valence-electron chi connectivity index (χ0n) is 7.30. The summed E-state index contributed by atoms with van der Waals surface area (Å²) in [7, 11) is 0. The highest BCUT2D eigenvalue weighted by atomic mass is 79.9. The molecule has 2 N–H and O–H groups in total. The lowest BCUT2D eigenvalue weighted by atomic mass is 9.78. The molecule has 0 radical (unpaired) electrons. The third-order valence-corrected chi connectivity index (χ3v) is 2.55. The first-order valence-corrected chi connectivity index (χ1v) is 4.31. The molecule has 0 aromatic carbocycles. The first-order chi connectivity index (χ1) is 5.06. The van der Waals surface area contributed by atoms with E-state index in [-0.39, 0.29) is 0 Å². The van der Waals surface area contributed by atoms with Crippen molar-refractivity contribution in [2.24, 2.45) is 11.1 Å². The summed E-state index contributed by atoms with van der Waals surface area (Å²) in [6.45, 7) is 3.44. The molecule has 0 fully saturated rings. The molecule has 0 heterocycles. The largest absolute Gasteiger partial charge is 0.336 e. The van der Waals surface area contributed by atoms with Crippen LogP contribution in [0.25, 0.3) is 0 Å². The van der Waals surface area contributed by atoms with Gasteiger partial charge in [-0.3, -0.25) is 0 Å². The smallest absolute Gasteiger partial charge is 0.327 e. The molecular weight excluding hydrogens is 235 g/mol. The Morgan fingerprint density at radius 1 is 1.17 bits per heavy atom. The van der Waals surface area contributed by atoms with Crippen LogP contribution in [0.15, 0.2) is 0 Å². The maximum atomic E-state index is 13.6. The van der Waals surface area contributed by atoms with Crippen molar-refractivity contribution in [1.82, 2.24) is 0 Å². The lowest BCUT2D eigenvalue weighted by Gasteiger charge is -2.39. The van der Waals surface area contributed by atoms with Crippen LogP contribution < -0.4 is 5.73 Å². The fraction of sp³-hybridized carbons (Fsp3) is 1.00. The Labute approximate surface area is 78.6 Å². The Balaban J connectivity index is 4.95. The summed E-state index contributed by atoms with van der Waals surface area (Å²) < 4.78 is 39.1. The number of halogens is 4. The minimum atomic E-state index is -3.59.